The minimum absolute atomic E-state index is 0.0208. The van der Waals surface area contributed by atoms with Crippen molar-refractivity contribution in [3.63, 3.8) is 0 Å². The molecule has 0 aliphatic rings. The summed E-state index contributed by atoms with van der Waals surface area (Å²) in [7, 11) is -2.41. The van der Waals surface area contributed by atoms with Gasteiger partial charge in [0.05, 0.1) is 23.4 Å². The smallest absolute Gasteiger partial charge is 0.335 e. The second kappa shape index (κ2) is 9.92. The summed E-state index contributed by atoms with van der Waals surface area (Å²) in [5.41, 5.74) is 0.0232. The topological polar surface area (TPSA) is 143 Å². The van der Waals surface area contributed by atoms with Crippen LogP contribution in [0.15, 0.2) is 92.3 Å². The van der Waals surface area contributed by atoms with Crippen LogP contribution in [0, 0.1) is 6.92 Å². The molecule has 0 amide bonds. The zero-order valence-corrected chi connectivity index (χ0v) is 20.1. The molecule has 3 aromatic carbocycles. The minimum atomic E-state index is -3.82. The van der Waals surface area contributed by atoms with Gasteiger partial charge in [0.25, 0.3) is 15.6 Å². The summed E-state index contributed by atoms with van der Waals surface area (Å²) in [6.45, 7) is 1.90. The molecule has 0 saturated heterocycles. The molecule has 0 saturated carbocycles. The summed E-state index contributed by atoms with van der Waals surface area (Å²) in [5, 5.41) is 10.7. The van der Waals surface area contributed by atoms with Gasteiger partial charge in [-0.15, -0.1) is 0 Å². The number of ether oxygens (including phenoxy) is 1. The number of methoxy groups -OCH3 is 1. The number of aromatic hydroxyl groups is 1. The minimum Gasteiger partial charge on any atom is -0.495 e. The second-order valence-corrected chi connectivity index (χ2v) is 9.41. The molecule has 4 rings (SSSR count). The van der Waals surface area contributed by atoms with Gasteiger partial charge in [-0.1, -0.05) is 29.8 Å². The molecule has 0 atom stereocenters. The Labute approximate surface area is 206 Å². The number of nitrogens with one attached hydrogen (secondary N) is 2. The van der Waals surface area contributed by atoms with Gasteiger partial charge < -0.3 is 9.84 Å². The van der Waals surface area contributed by atoms with Gasteiger partial charge in [0.2, 0.25) is 5.88 Å². The van der Waals surface area contributed by atoms with Gasteiger partial charge >= 0.3 is 5.69 Å². The molecule has 0 radical (unpaired) electrons. The number of aliphatic imine (C=N–C) groups is 1. The Morgan fingerprint density at radius 1 is 1.00 bits per heavy atom. The van der Waals surface area contributed by atoms with Crippen LogP contribution in [0.4, 0.5) is 11.4 Å². The number of sulfonamides is 1. The highest BCUT2D eigenvalue weighted by molar-refractivity contribution is 7.92. The zero-order chi connectivity index (χ0) is 25.9. The van der Waals surface area contributed by atoms with E-state index in [1.54, 1.807) is 48.5 Å². The molecule has 4 aromatic rings. The van der Waals surface area contributed by atoms with E-state index in [4.69, 9.17) is 4.74 Å². The number of nitrogens with zero attached hydrogens (tertiary/aromatic N) is 2. The summed E-state index contributed by atoms with van der Waals surface area (Å²) in [4.78, 5) is 31.1. The summed E-state index contributed by atoms with van der Waals surface area (Å²) >= 11 is 0. The number of hydrogen-bond acceptors (Lipinski definition) is 7. The normalized spacial score (nSPS) is 11.5. The number of hydrogen-bond donors (Lipinski definition) is 3. The molecular weight excluding hydrogens is 484 g/mol. The SMILES string of the molecule is COc1ccccc1-n1c(O)c(C=Nc2ccc(S(=O)(=O)Nc3ccc(C)cc3)cc2)c(=O)[nH]c1=O. The third kappa shape index (κ3) is 5.05. The molecule has 1 aromatic heterocycles. The van der Waals surface area contributed by atoms with Crippen LogP contribution in [0.3, 0.4) is 0 Å². The number of aromatic nitrogens is 2. The first-order valence-corrected chi connectivity index (χ1v) is 12.1. The maximum Gasteiger partial charge on any atom is 0.335 e. The van der Waals surface area contributed by atoms with Crippen molar-refractivity contribution in [2.24, 2.45) is 4.99 Å². The maximum atomic E-state index is 12.7. The number of aryl methyl sites for hydroxylation is 1. The van der Waals surface area contributed by atoms with Crippen LogP contribution in [0.1, 0.15) is 11.1 Å². The third-order valence-electron chi connectivity index (χ3n) is 5.24. The third-order valence-corrected chi connectivity index (χ3v) is 6.64. The van der Waals surface area contributed by atoms with E-state index >= 15 is 0 Å². The van der Waals surface area contributed by atoms with Crippen LogP contribution in [-0.4, -0.2) is 36.4 Å². The molecule has 10 nitrogen and oxygen atoms in total. The van der Waals surface area contributed by atoms with Crippen LogP contribution in [0.25, 0.3) is 5.69 Å². The van der Waals surface area contributed by atoms with E-state index in [-0.39, 0.29) is 16.1 Å². The van der Waals surface area contributed by atoms with Crippen LogP contribution in [0.5, 0.6) is 11.6 Å². The van der Waals surface area contributed by atoms with Crippen molar-refractivity contribution < 1.29 is 18.3 Å². The van der Waals surface area contributed by atoms with Crippen LogP contribution < -0.4 is 20.7 Å². The average Bonchev–Trinajstić information content (AvgIpc) is 2.85. The molecule has 3 N–H and O–H groups in total. The Hall–Kier alpha value is -4.64. The van der Waals surface area contributed by atoms with Crippen molar-refractivity contribution in [3.05, 3.63) is 105 Å². The monoisotopic (exact) mass is 506 g/mol. The van der Waals surface area contributed by atoms with E-state index in [0.717, 1.165) is 16.3 Å². The fourth-order valence-corrected chi connectivity index (χ4v) is 4.44. The number of benzene rings is 3. The molecule has 0 aliphatic carbocycles. The highest BCUT2D eigenvalue weighted by Gasteiger charge is 2.17. The molecule has 0 spiro atoms. The lowest BCUT2D eigenvalue weighted by molar-refractivity contribution is 0.401. The maximum absolute atomic E-state index is 12.7. The van der Waals surface area contributed by atoms with Crippen molar-refractivity contribution in [1.82, 2.24) is 9.55 Å². The second-order valence-electron chi connectivity index (χ2n) is 7.73. The molecule has 1 heterocycles. The standard InChI is InChI=1S/C25H22N4O6S/c1-16-7-9-18(10-8-16)28-36(33,34)19-13-11-17(12-14-19)26-15-20-23(30)27-25(32)29(24(20)31)21-5-3-4-6-22(21)35-2/h3-15,28,31H,1-2H3,(H,27,30,32). The number of rotatable bonds is 7. The van der Waals surface area contributed by atoms with E-state index in [2.05, 4.69) is 14.7 Å². The van der Waals surface area contributed by atoms with E-state index in [0.29, 0.717) is 17.1 Å². The Kier molecular flexibility index (Phi) is 6.75. The first kappa shape index (κ1) is 24.5. The van der Waals surface area contributed by atoms with E-state index in [1.165, 1.54) is 31.4 Å². The van der Waals surface area contributed by atoms with Gasteiger partial charge in [0.1, 0.15) is 11.3 Å². The summed E-state index contributed by atoms with van der Waals surface area (Å²) < 4.78 is 33.9. The van der Waals surface area contributed by atoms with Gasteiger partial charge in [-0.05, 0) is 55.5 Å². The molecule has 0 unspecified atom stereocenters. The average molecular weight is 507 g/mol. The van der Waals surface area contributed by atoms with Crippen molar-refractivity contribution in [3.8, 4) is 17.3 Å². The van der Waals surface area contributed by atoms with E-state index in [9.17, 15) is 23.1 Å². The Morgan fingerprint density at radius 2 is 1.67 bits per heavy atom. The van der Waals surface area contributed by atoms with Crippen molar-refractivity contribution >= 4 is 27.6 Å². The van der Waals surface area contributed by atoms with Crippen molar-refractivity contribution in [2.45, 2.75) is 11.8 Å². The fourth-order valence-electron chi connectivity index (χ4n) is 3.38. The van der Waals surface area contributed by atoms with E-state index < -0.39 is 27.2 Å². The van der Waals surface area contributed by atoms with Crippen molar-refractivity contribution in [1.29, 1.82) is 0 Å². The number of anilines is 1. The highest BCUT2D eigenvalue weighted by Crippen LogP contribution is 2.25. The predicted octanol–water partition coefficient (Wildman–Crippen LogP) is 3.10. The number of H-pyrrole nitrogens is 1. The summed E-state index contributed by atoms with van der Waals surface area (Å²) in [6, 6.07) is 19.0. The Bertz CT molecular complexity index is 1660. The predicted molar refractivity (Wildman–Crippen MR) is 137 cm³/mol. The Morgan fingerprint density at radius 3 is 2.33 bits per heavy atom. The fraction of sp³-hybridized carbons (Fsp3) is 0.0800. The quantitative estimate of drug-likeness (QED) is 0.329. The first-order valence-electron chi connectivity index (χ1n) is 10.6. The van der Waals surface area contributed by atoms with Crippen LogP contribution in [-0.2, 0) is 10.0 Å². The largest absolute Gasteiger partial charge is 0.495 e. The van der Waals surface area contributed by atoms with Crippen molar-refractivity contribution in [2.75, 3.05) is 11.8 Å². The summed E-state index contributed by atoms with van der Waals surface area (Å²) in [5.74, 6) is -0.320. The van der Waals surface area contributed by atoms with Gasteiger partial charge in [-0.2, -0.15) is 0 Å². The molecule has 11 heteroatoms. The highest BCUT2D eigenvalue weighted by atomic mass is 32.2. The zero-order valence-electron chi connectivity index (χ0n) is 19.3. The van der Waals surface area contributed by atoms with E-state index in [1.807, 2.05) is 6.92 Å². The molecule has 184 valence electrons. The van der Waals surface area contributed by atoms with Gasteiger partial charge in [-0.25, -0.2) is 17.8 Å². The summed E-state index contributed by atoms with van der Waals surface area (Å²) in [6.07, 6.45) is 1.09. The number of para-hydroxylation sites is 2. The lowest BCUT2D eigenvalue weighted by Gasteiger charge is -2.12. The van der Waals surface area contributed by atoms with Crippen LogP contribution >= 0.6 is 0 Å². The lowest BCUT2D eigenvalue weighted by Crippen LogP contribution is -2.31. The Balaban J connectivity index is 1.63. The first-order chi connectivity index (χ1) is 17.2. The molecule has 0 aliphatic heterocycles. The van der Waals surface area contributed by atoms with Gasteiger partial charge in [-0.3, -0.25) is 19.5 Å². The molecule has 0 bridgehead atoms. The molecule has 36 heavy (non-hydrogen) atoms. The van der Waals surface area contributed by atoms with Gasteiger partial charge in [0, 0.05) is 11.9 Å². The van der Waals surface area contributed by atoms with Gasteiger partial charge in [0.15, 0.2) is 0 Å². The van der Waals surface area contributed by atoms with Crippen LogP contribution in [0.2, 0.25) is 0 Å². The number of aromatic amines is 1. The molecular formula is C25H22N4O6S. The lowest BCUT2D eigenvalue weighted by atomic mass is 10.2. The molecule has 0 fully saturated rings.